The number of likely N-dealkylation sites (tertiary alicyclic amines) is 2. The number of piperidine rings is 1. The van der Waals surface area contributed by atoms with Gasteiger partial charge >= 0.3 is 0 Å². The molecular formula is C27H28FN3O2. The lowest BCUT2D eigenvalue weighted by Gasteiger charge is -2.39. The molecule has 5 rings (SSSR count). The maximum atomic E-state index is 13.6. The van der Waals surface area contributed by atoms with E-state index in [0.717, 1.165) is 37.4 Å². The fourth-order valence-corrected chi connectivity index (χ4v) is 5.39. The molecule has 3 heterocycles. The van der Waals surface area contributed by atoms with E-state index in [-0.39, 0.29) is 23.7 Å². The van der Waals surface area contributed by atoms with Gasteiger partial charge in [-0.2, -0.15) is 0 Å². The summed E-state index contributed by atoms with van der Waals surface area (Å²) >= 11 is 0. The third kappa shape index (κ3) is 4.48. The van der Waals surface area contributed by atoms with Crippen LogP contribution in [0.15, 0.2) is 73.1 Å². The van der Waals surface area contributed by atoms with Gasteiger partial charge < -0.3 is 9.64 Å². The topological polar surface area (TPSA) is 45.7 Å². The Labute approximate surface area is 193 Å². The van der Waals surface area contributed by atoms with Crippen LogP contribution in [0.2, 0.25) is 0 Å². The normalized spacial score (nSPS) is 22.7. The molecule has 1 aromatic heterocycles. The lowest BCUT2D eigenvalue weighted by atomic mass is 9.81. The number of rotatable bonds is 5. The summed E-state index contributed by atoms with van der Waals surface area (Å²) in [6.45, 7) is 3.35. The molecular weight excluding hydrogens is 417 g/mol. The molecule has 0 unspecified atom stereocenters. The van der Waals surface area contributed by atoms with Gasteiger partial charge in [-0.3, -0.25) is 14.7 Å². The molecule has 0 spiro atoms. The zero-order valence-corrected chi connectivity index (χ0v) is 18.7. The van der Waals surface area contributed by atoms with Crippen molar-refractivity contribution in [1.29, 1.82) is 0 Å². The Morgan fingerprint density at radius 2 is 1.76 bits per heavy atom. The largest absolute Gasteiger partial charge is 0.497 e. The number of carbonyl (C=O) groups is 1. The average Bonchev–Trinajstić information content (AvgIpc) is 3.24. The van der Waals surface area contributed by atoms with Gasteiger partial charge in [0.05, 0.1) is 7.11 Å². The second-order valence-electron chi connectivity index (χ2n) is 8.95. The first-order valence-electron chi connectivity index (χ1n) is 11.4. The molecule has 3 atom stereocenters. The molecule has 0 bridgehead atoms. The fraction of sp³-hybridized carbons (Fsp3) is 0.333. The van der Waals surface area contributed by atoms with Crippen molar-refractivity contribution in [2.24, 2.45) is 5.92 Å². The number of carbonyl (C=O) groups excluding carboxylic acids is 1. The highest BCUT2D eigenvalue weighted by molar-refractivity contribution is 5.94. The van der Waals surface area contributed by atoms with Crippen molar-refractivity contribution in [2.45, 2.75) is 24.9 Å². The van der Waals surface area contributed by atoms with Gasteiger partial charge in [-0.1, -0.05) is 24.3 Å². The van der Waals surface area contributed by atoms with E-state index in [1.165, 1.54) is 17.7 Å². The molecule has 0 N–H and O–H groups in total. The van der Waals surface area contributed by atoms with Gasteiger partial charge in [-0.05, 0) is 53.9 Å². The van der Waals surface area contributed by atoms with Crippen LogP contribution < -0.4 is 4.74 Å². The molecule has 5 nitrogen and oxygen atoms in total. The highest BCUT2D eigenvalue weighted by atomic mass is 19.1. The molecule has 2 aromatic carbocycles. The van der Waals surface area contributed by atoms with Gasteiger partial charge in [0.15, 0.2) is 0 Å². The highest BCUT2D eigenvalue weighted by Gasteiger charge is 2.47. The minimum atomic E-state index is -0.234. The second kappa shape index (κ2) is 9.32. The summed E-state index contributed by atoms with van der Waals surface area (Å²) < 4.78 is 18.9. The molecule has 2 aliphatic rings. The minimum absolute atomic E-state index is 0.0561. The predicted octanol–water partition coefficient (Wildman–Crippen LogP) is 4.36. The molecule has 2 aliphatic heterocycles. The third-order valence-electron chi connectivity index (χ3n) is 7.07. The van der Waals surface area contributed by atoms with Gasteiger partial charge in [0.25, 0.3) is 5.91 Å². The van der Waals surface area contributed by atoms with E-state index < -0.39 is 0 Å². The van der Waals surface area contributed by atoms with E-state index in [9.17, 15) is 9.18 Å². The first-order chi connectivity index (χ1) is 16.1. The van der Waals surface area contributed by atoms with Crippen molar-refractivity contribution in [3.05, 3.63) is 95.6 Å². The van der Waals surface area contributed by atoms with Gasteiger partial charge in [0.2, 0.25) is 0 Å². The van der Waals surface area contributed by atoms with Gasteiger partial charge in [-0.15, -0.1) is 0 Å². The van der Waals surface area contributed by atoms with E-state index in [2.05, 4.69) is 22.0 Å². The van der Waals surface area contributed by atoms with Crippen LogP contribution in [0.5, 0.6) is 5.75 Å². The molecule has 170 valence electrons. The summed E-state index contributed by atoms with van der Waals surface area (Å²) in [6.07, 6.45) is 4.25. The number of halogens is 1. The number of hydrogen-bond donors (Lipinski definition) is 0. The van der Waals surface area contributed by atoms with Gasteiger partial charge in [0.1, 0.15) is 11.6 Å². The number of pyridine rings is 1. The van der Waals surface area contributed by atoms with E-state index in [0.29, 0.717) is 18.0 Å². The van der Waals surface area contributed by atoms with Crippen LogP contribution in [0.4, 0.5) is 4.39 Å². The van der Waals surface area contributed by atoms with Crippen molar-refractivity contribution >= 4 is 5.91 Å². The maximum absolute atomic E-state index is 13.6. The quantitative estimate of drug-likeness (QED) is 0.586. The fourth-order valence-electron chi connectivity index (χ4n) is 5.39. The zero-order chi connectivity index (χ0) is 22.8. The Bertz CT molecular complexity index is 1090. The molecule has 1 amide bonds. The SMILES string of the molecule is COc1ccc(CN2CC[C@@H]3[C@H](C2)[C@@H](c2ccc(F)cc2)CN3C(=O)c2ccncc2)cc1. The van der Waals surface area contributed by atoms with Crippen molar-refractivity contribution < 1.29 is 13.9 Å². The summed E-state index contributed by atoms with van der Waals surface area (Å²) in [5.41, 5.74) is 3.02. The van der Waals surface area contributed by atoms with Crippen LogP contribution in [0.1, 0.15) is 33.8 Å². The molecule has 0 aliphatic carbocycles. The summed E-state index contributed by atoms with van der Waals surface area (Å²) in [5.74, 6) is 1.16. The Balaban J connectivity index is 1.38. The van der Waals surface area contributed by atoms with E-state index >= 15 is 0 Å². The number of methoxy groups -OCH3 is 1. The highest BCUT2D eigenvalue weighted by Crippen LogP contribution is 2.42. The van der Waals surface area contributed by atoms with Crippen LogP contribution in [0.3, 0.4) is 0 Å². The number of fused-ring (bicyclic) bond motifs is 1. The summed E-state index contributed by atoms with van der Waals surface area (Å²) in [5, 5.41) is 0. The first-order valence-corrected chi connectivity index (χ1v) is 11.4. The van der Waals surface area contributed by atoms with Crippen LogP contribution in [-0.4, -0.2) is 53.5 Å². The van der Waals surface area contributed by atoms with Crippen LogP contribution in [0.25, 0.3) is 0 Å². The molecule has 3 aromatic rings. The Kier molecular flexibility index (Phi) is 6.09. The predicted molar refractivity (Wildman–Crippen MR) is 125 cm³/mol. The van der Waals surface area contributed by atoms with Crippen LogP contribution >= 0.6 is 0 Å². The minimum Gasteiger partial charge on any atom is -0.497 e. The van der Waals surface area contributed by atoms with Crippen LogP contribution in [0, 0.1) is 11.7 Å². The van der Waals surface area contributed by atoms with Crippen molar-refractivity contribution in [3.63, 3.8) is 0 Å². The number of aromatic nitrogens is 1. The summed E-state index contributed by atoms with van der Waals surface area (Å²) in [4.78, 5) is 21.9. The second-order valence-corrected chi connectivity index (χ2v) is 8.95. The first kappa shape index (κ1) is 21.6. The van der Waals surface area contributed by atoms with Crippen molar-refractivity contribution in [2.75, 3.05) is 26.7 Å². The van der Waals surface area contributed by atoms with Crippen LogP contribution in [-0.2, 0) is 6.54 Å². The zero-order valence-electron chi connectivity index (χ0n) is 18.7. The Morgan fingerprint density at radius 1 is 1.03 bits per heavy atom. The van der Waals surface area contributed by atoms with Gasteiger partial charge in [0, 0.05) is 62.0 Å². The average molecular weight is 446 g/mol. The van der Waals surface area contributed by atoms with Crippen molar-refractivity contribution in [1.82, 2.24) is 14.8 Å². The van der Waals surface area contributed by atoms with Crippen molar-refractivity contribution in [3.8, 4) is 5.75 Å². The standard InChI is InChI=1S/C27H28FN3O2/c1-33-23-8-2-19(3-9-23)16-30-15-12-26-25(17-30)24(20-4-6-22(28)7-5-20)18-31(26)27(32)21-10-13-29-14-11-21/h2-11,13-14,24-26H,12,15-18H2,1H3/t24-,25-,26-/m1/s1. The smallest absolute Gasteiger partial charge is 0.254 e. The van der Waals surface area contributed by atoms with Gasteiger partial charge in [-0.25, -0.2) is 4.39 Å². The van der Waals surface area contributed by atoms with E-state index in [1.807, 2.05) is 29.2 Å². The number of amides is 1. The molecule has 33 heavy (non-hydrogen) atoms. The number of benzene rings is 2. The number of ether oxygens (including phenoxy) is 1. The monoisotopic (exact) mass is 445 g/mol. The molecule has 2 fully saturated rings. The summed E-state index contributed by atoms with van der Waals surface area (Å²) in [6, 6.07) is 18.7. The Hall–Kier alpha value is -3.25. The Morgan fingerprint density at radius 3 is 2.45 bits per heavy atom. The lowest BCUT2D eigenvalue weighted by Crippen LogP contribution is -2.47. The van der Waals surface area contributed by atoms with E-state index in [4.69, 9.17) is 4.74 Å². The number of nitrogens with zero attached hydrogens (tertiary/aromatic N) is 3. The molecule has 0 saturated carbocycles. The molecule has 0 radical (unpaired) electrons. The summed E-state index contributed by atoms with van der Waals surface area (Å²) in [7, 11) is 1.68. The molecule has 2 saturated heterocycles. The van der Waals surface area contributed by atoms with E-state index in [1.54, 1.807) is 31.6 Å². The lowest BCUT2D eigenvalue weighted by molar-refractivity contribution is 0.0614. The third-order valence-corrected chi connectivity index (χ3v) is 7.07. The maximum Gasteiger partial charge on any atom is 0.254 e. The number of hydrogen-bond acceptors (Lipinski definition) is 4. The molecule has 6 heteroatoms.